The highest BCUT2D eigenvalue weighted by atomic mass is 17.2. The second-order valence-electron chi connectivity index (χ2n) is 2.04. The summed E-state index contributed by atoms with van der Waals surface area (Å²) in [5.41, 5.74) is 0. The predicted octanol–water partition coefficient (Wildman–Crippen LogP) is 1.33. The Hall–Kier alpha value is -2.31. The Balaban J connectivity index is 2.34. The van der Waals surface area contributed by atoms with Crippen LogP contribution in [0.15, 0.2) is 30.3 Å². The van der Waals surface area contributed by atoms with Gasteiger partial charge in [0.1, 0.15) is 0 Å². The van der Waals surface area contributed by atoms with E-state index in [-0.39, 0.29) is 5.75 Å². The Labute approximate surface area is 77.8 Å². The molecule has 7 heteroatoms. The van der Waals surface area contributed by atoms with Gasteiger partial charge in [0.05, 0.1) is 0 Å². The summed E-state index contributed by atoms with van der Waals surface area (Å²) in [6.07, 6.45) is -1.54. The van der Waals surface area contributed by atoms with Crippen LogP contribution in [0.25, 0.3) is 0 Å². The molecule has 0 atom stereocenters. The molecule has 14 heavy (non-hydrogen) atoms. The normalized spacial score (nSPS) is 8.86. The van der Waals surface area contributed by atoms with Gasteiger partial charge in [-0.05, 0) is 12.1 Å². The number of carbonyl (C=O) groups excluding carboxylic acids is 1. The van der Waals surface area contributed by atoms with Crippen molar-refractivity contribution >= 4 is 6.16 Å². The minimum Gasteiger partial charge on any atom is -0.285 e. The van der Waals surface area contributed by atoms with E-state index < -0.39 is 11.2 Å². The average Bonchev–Trinajstić information content (AvgIpc) is 2.15. The lowest BCUT2D eigenvalue weighted by Gasteiger charge is -2.00. The monoisotopic (exact) mass is 199 g/mol. The molecule has 0 bridgehead atoms. The van der Waals surface area contributed by atoms with Crippen molar-refractivity contribution < 1.29 is 24.5 Å². The number of nitrogens with zero attached hydrogens (tertiary/aromatic N) is 1. The van der Waals surface area contributed by atoms with Gasteiger partial charge in [0.25, 0.3) is 0 Å². The molecule has 0 aliphatic carbocycles. The van der Waals surface area contributed by atoms with Crippen LogP contribution < -0.4 is 4.89 Å². The number of carbonyl (C=O) groups is 1. The molecule has 0 aromatic heterocycles. The van der Waals surface area contributed by atoms with Crippen molar-refractivity contribution in [3.05, 3.63) is 40.4 Å². The summed E-state index contributed by atoms with van der Waals surface area (Å²) in [7, 11) is 0. The van der Waals surface area contributed by atoms with E-state index in [0.717, 1.165) is 0 Å². The molecule has 0 radical (unpaired) electrons. The zero-order valence-electron chi connectivity index (χ0n) is 6.78. The maximum absolute atomic E-state index is 10.4. The fraction of sp³-hybridized carbons (Fsp3) is 0. The van der Waals surface area contributed by atoms with Crippen LogP contribution >= 0.6 is 0 Å². The van der Waals surface area contributed by atoms with Crippen molar-refractivity contribution in [1.29, 1.82) is 0 Å². The molecule has 0 aliphatic rings. The van der Waals surface area contributed by atoms with Gasteiger partial charge in [-0.2, -0.15) is 4.84 Å². The Bertz CT molecular complexity index is 324. The Morgan fingerprint density at radius 2 is 1.93 bits per heavy atom. The van der Waals surface area contributed by atoms with E-state index in [2.05, 4.69) is 14.6 Å². The highest BCUT2D eigenvalue weighted by Gasteiger charge is 2.09. The fourth-order valence-corrected chi connectivity index (χ4v) is 0.634. The molecule has 0 N–H and O–H groups in total. The van der Waals surface area contributed by atoms with Gasteiger partial charge in [0, 0.05) is 0 Å². The van der Waals surface area contributed by atoms with Crippen LogP contribution in [0.5, 0.6) is 5.75 Å². The number of hydrogen-bond donors (Lipinski definition) is 0. The lowest BCUT2D eigenvalue weighted by Crippen LogP contribution is -2.13. The van der Waals surface area contributed by atoms with E-state index in [0.29, 0.717) is 0 Å². The summed E-state index contributed by atoms with van der Waals surface area (Å²) in [5.74, 6) is 0.229. The van der Waals surface area contributed by atoms with Gasteiger partial charge in [0.15, 0.2) is 5.75 Å². The van der Waals surface area contributed by atoms with Crippen molar-refractivity contribution in [2.45, 2.75) is 0 Å². The van der Waals surface area contributed by atoms with Crippen molar-refractivity contribution in [1.82, 2.24) is 0 Å². The topological polar surface area (TPSA) is 87.9 Å². The van der Waals surface area contributed by atoms with Gasteiger partial charge in [-0.1, -0.05) is 18.2 Å². The zero-order chi connectivity index (χ0) is 10.4. The molecule has 0 aliphatic heterocycles. The molecule has 0 heterocycles. The molecule has 1 aromatic rings. The Morgan fingerprint density at radius 1 is 1.29 bits per heavy atom. The molecule has 7 nitrogen and oxygen atoms in total. The van der Waals surface area contributed by atoms with E-state index in [4.69, 9.17) is 0 Å². The molecule has 0 unspecified atom stereocenters. The summed E-state index contributed by atoms with van der Waals surface area (Å²) >= 11 is 0. The van der Waals surface area contributed by atoms with Gasteiger partial charge < -0.3 is 0 Å². The smallest absolute Gasteiger partial charge is 0.285 e. The van der Waals surface area contributed by atoms with Crippen molar-refractivity contribution in [3.63, 3.8) is 0 Å². The molecule has 0 fully saturated rings. The van der Waals surface area contributed by atoms with Crippen LogP contribution in [0.1, 0.15) is 0 Å². The maximum atomic E-state index is 10.4. The minimum absolute atomic E-state index is 0.229. The Morgan fingerprint density at radius 3 is 2.50 bits per heavy atom. The number of benzene rings is 1. The summed E-state index contributed by atoms with van der Waals surface area (Å²) in [6.45, 7) is 0. The summed E-state index contributed by atoms with van der Waals surface area (Å²) in [5, 5.41) is 8.35. The predicted molar refractivity (Wildman–Crippen MR) is 41.6 cm³/mol. The van der Waals surface area contributed by atoms with Gasteiger partial charge in [0.2, 0.25) is 0 Å². The second-order valence-corrected chi connectivity index (χ2v) is 2.04. The molecule has 74 valence electrons. The summed E-state index contributed by atoms with van der Waals surface area (Å²) in [4.78, 5) is 31.8. The van der Waals surface area contributed by atoms with E-state index in [1.807, 2.05) is 0 Å². The van der Waals surface area contributed by atoms with Gasteiger partial charge in [-0.15, -0.1) is 10.1 Å². The molecule has 1 rings (SSSR count). The van der Waals surface area contributed by atoms with Crippen LogP contribution in [0.4, 0.5) is 4.79 Å². The van der Waals surface area contributed by atoms with Crippen LogP contribution in [0.2, 0.25) is 0 Å². The number of rotatable bonds is 3. The Kier molecular flexibility index (Phi) is 3.25. The van der Waals surface area contributed by atoms with E-state index >= 15 is 0 Å². The van der Waals surface area contributed by atoms with E-state index in [9.17, 15) is 14.9 Å². The maximum Gasteiger partial charge on any atom is 0.526 e. The first-order chi connectivity index (χ1) is 6.68. The molecule has 0 saturated heterocycles. The van der Waals surface area contributed by atoms with Crippen molar-refractivity contribution in [3.8, 4) is 5.75 Å². The largest absolute Gasteiger partial charge is 0.526 e. The van der Waals surface area contributed by atoms with Crippen LogP contribution in [0.3, 0.4) is 0 Å². The molecule has 0 spiro atoms. The second kappa shape index (κ2) is 4.65. The van der Waals surface area contributed by atoms with Gasteiger partial charge >= 0.3 is 11.2 Å². The van der Waals surface area contributed by atoms with E-state index in [1.165, 1.54) is 12.1 Å². The fourth-order valence-electron chi connectivity index (χ4n) is 0.634. The lowest BCUT2D eigenvalue weighted by molar-refractivity contribution is -0.732. The highest BCUT2D eigenvalue weighted by Crippen LogP contribution is 2.08. The van der Waals surface area contributed by atoms with Crippen molar-refractivity contribution in [2.75, 3.05) is 0 Å². The summed E-state index contributed by atoms with van der Waals surface area (Å²) in [6, 6.07) is 8.00. The lowest BCUT2D eigenvalue weighted by atomic mass is 10.3. The van der Waals surface area contributed by atoms with Crippen LogP contribution in [0, 0.1) is 10.1 Å². The third kappa shape index (κ3) is 3.39. The van der Waals surface area contributed by atoms with Crippen LogP contribution in [-0.4, -0.2) is 11.2 Å². The third-order valence-electron chi connectivity index (χ3n) is 1.10. The number of para-hydroxylation sites is 1. The molecule has 0 saturated carbocycles. The third-order valence-corrected chi connectivity index (χ3v) is 1.10. The van der Waals surface area contributed by atoms with Crippen LogP contribution in [-0.2, 0) is 9.73 Å². The average molecular weight is 199 g/mol. The van der Waals surface area contributed by atoms with Gasteiger partial charge in [-0.25, -0.2) is 9.68 Å². The molecule has 0 amide bonds. The molecular weight excluding hydrogens is 194 g/mol. The van der Waals surface area contributed by atoms with E-state index in [1.54, 1.807) is 18.2 Å². The summed E-state index contributed by atoms with van der Waals surface area (Å²) < 4.78 is 0. The van der Waals surface area contributed by atoms with Gasteiger partial charge in [-0.3, -0.25) is 4.89 Å². The quantitative estimate of drug-likeness (QED) is 0.414. The molecule has 1 aromatic carbocycles. The minimum atomic E-state index is -1.54. The standard InChI is InChI=1S/C7H5NO6/c9-7(12-8(10)11)14-13-6-4-2-1-3-5-6/h1-5H. The zero-order valence-corrected chi connectivity index (χ0v) is 6.78. The first kappa shape index (κ1) is 9.78. The number of hydrogen-bond acceptors (Lipinski definition) is 6. The first-order valence-electron chi connectivity index (χ1n) is 3.44. The SMILES string of the molecule is O=C(OOc1ccccc1)O[N+](=O)[O-]. The highest BCUT2D eigenvalue weighted by molar-refractivity contribution is 5.58. The molecular formula is C7H5NO6. The first-order valence-corrected chi connectivity index (χ1v) is 3.44. The van der Waals surface area contributed by atoms with Crippen molar-refractivity contribution in [2.24, 2.45) is 0 Å².